The Labute approximate surface area is 131 Å². The lowest BCUT2D eigenvalue weighted by atomic mass is 10.3. The van der Waals surface area contributed by atoms with Crippen molar-refractivity contribution in [2.75, 3.05) is 17.2 Å². The van der Waals surface area contributed by atoms with Crippen LogP contribution in [0.25, 0.3) is 0 Å². The van der Waals surface area contributed by atoms with Gasteiger partial charge in [0, 0.05) is 10.7 Å². The Morgan fingerprint density at radius 1 is 1.25 bits per heavy atom. The molecule has 2 rings (SSSR count). The van der Waals surface area contributed by atoms with E-state index >= 15 is 0 Å². The molecule has 0 radical (unpaired) electrons. The second kappa shape index (κ2) is 7.21. The van der Waals surface area contributed by atoms with Crippen LogP contribution in [0.5, 0.6) is 5.75 Å². The van der Waals surface area contributed by atoms with E-state index in [-0.39, 0.29) is 0 Å². The predicted octanol–water partition coefficient (Wildman–Crippen LogP) is 4.05. The summed E-state index contributed by atoms with van der Waals surface area (Å²) in [6.45, 7) is 2.55. The first-order valence-electron chi connectivity index (χ1n) is 6.10. The largest absolute Gasteiger partial charge is 0.492 e. The number of rotatable bonds is 4. The number of benzene rings is 1. The van der Waals surface area contributed by atoms with Crippen LogP contribution in [0.15, 0.2) is 47.1 Å². The van der Waals surface area contributed by atoms with Crippen molar-refractivity contribution in [2.24, 2.45) is 0 Å². The average molecular weight is 352 g/mol. The van der Waals surface area contributed by atoms with Crippen molar-refractivity contribution in [1.29, 1.82) is 0 Å². The summed E-state index contributed by atoms with van der Waals surface area (Å²) < 4.78 is 6.45. The van der Waals surface area contributed by atoms with E-state index in [1.807, 2.05) is 43.3 Å². The molecule has 0 saturated carbocycles. The zero-order chi connectivity index (χ0) is 14.4. The highest BCUT2D eigenvalue weighted by atomic mass is 79.9. The Bertz CT molecular complexity index is 589. The van der Waals surface area contributed by atoms with Gasteiger partial charge < -0.3 is 15.4 Å². The first-order chi connectivity index (χ1) is 9.69. The summed E-state index contributed by atoms with van der Waals surface area (Å²) in [6.07, 6.45) is 1.71. The Morgan fingerprint density at radius 2 is 2.05 bits per heavy atom. The predicted molar refractivity (Wildman–Crippen MR) is 89.4 cm³/mol. The molecule has 2 aromatic rings. The molecule has 0 atom stereocenters. The molecular weight excluding hydrogens is 338 g/mol. The van der Waals surface area contributed by atoms with Crippen LogP contribution in [0.3, 0.4) is 0 Å². The molecule has 1 aromatic heterocycles. The third kappa shape index (κ3) is 4.18. The number of anilines is 2. The quantitative estimate of drug-likeness (QED) is 0.813. The lowest BCUT2D eigenvalue weighted by Crippen LogP contribution is -2.20. The number of nitrogens with zero attached hydrogens (tertiary/aromatic N) is 1. The smallest absolute Gasteiger partial charge is 0.176 e. The summed E-state index contributed by atoms with van der Waals surface area (Å²) in [7, 11) is 0. The van der Waals surface area contributed by atoms with Crippen LogP contribution < -0.4 is 15.4 Å². The van der Waals surface area contributed by atoms with Gasteiger partial charge in [-0.1, -0.05) is 12.1 Å². The van der Waals surface area contributed by atoms with E-state index in [4.69, 9.17) is 17.0 Å². The number of para-hydroxylation sites is 2. The molecule has 0 amide bonds. The summed E-state index contributed by atoms with van der Waals surface area (Å²) in [4.78, 5) is 4.20. The van der Waals surface area contributed by atoms with Crippen molar-refractivity contribution in [3.63, 3.8) is 0 Å². The molecule has 0 aliphatic carbocycles. The van der Waals surface area contributed by atoms with Crippen molar-refractivity contribution in [3.8, 4) is 5.75 Å². The van der Waals surface area contributed by atoms with E-state index < -0.39 is 0 Å². The molecule has 1 heterocycles. The second-order valence-electron chi connectivity index (χ2n) is 3.87. The van der Waals surface area contributed by atoms with Crippen LogP contribution in [-0.2, 0) is 0 Å². The summed E-state index contributed by atoms with van der Waals surface area (Å²) in [5.74, 6) is 1.45. The minimum absolute atomic E-state index is 0.465. The second-order valence-corrected chi connectivity index (χ2v) is 5.19. The first kappa shape index (κ1) is 14.7. The molecule has 20 heavy (non-hydrogen) atoms. The van der Waals surface area contributed by atoms with E-state index in [2.05, 4.69) is 31.5 Å². The fraction of sp³-hybridized carbons (Fsp3) is 0.143. The van der Waals surface area contributed by atoms with Gasteiger partial charge in [0.05, 0.1) is 12.3 Å². The van der Waals surface area contributed by atoms with Crippen molar-refractivity contribution in [1.82, 2.24) is 4.98 Å². The lowest BCUT2D eigenvalue weighted by Gasteiger charge is -2.13. The van der Waals surface area contributed by atoms with Crippen molar-refractivity contribution < 1.29 is 4.74 Å². The number of hydrogen-bond acceptors (Lipinski definition) is 3. The maximum atomic E-state index is 5.53. The number of nitrogens with one attached hydrogen (secondary N) is 2. The molecule has 0 bridgehead atoms. The Balaban J connectivity index is 2.02. The van der Waals surface area contributed by atoms with Crippen LogP contribution in [0, 0.1) is 0 Å². The highest BCUT2D eigenvalue weighted by molar-refractivity contribution is 9.10. The van der Waals surface area contributed by atoms with Crippen molar-refractivity contribution in [2.45, 2.75) is 6.92 Å². The Morgan fingerprint density at radius 3 is 2.75 bits per heavy atom. The minimum Gasteiger partial charge on any atom is -0.492 e. The van der Waals surface area contributed by atoms with Crippen LogP contribution in [-0.4, -0.2) is 16.7 Å². The summed E-state index contributed by atoms with van der Waals surface area (Å²) in [6, 6.07) is 11.4. The van der Waals surface area contributed by atoms with Gasteiger partial charge in [0.1, 0.15) is 11.6 Å². The molecule has 0 aliphatic heterocycles. The first-order valence-corrected chi connectivity index (χ1v) is 7.30. The zero-order valence-corrected chi connectivity index (χ0v) is 13.3. The number of halogens is 1. The molecule has 0 fully saturated rings. The summed E-state index contributed by atoms with van der Waals surface area (Å²) in [5.41, 5.74) is 0.823. The van der Waals surface area contributed by atoms with Gasteiger partial charge in [0.2, 0.25) is 0 Å². The fourth-order valence-corrected chi connectivity index (χ4v) is 2.02. The topological polar surface area (TPSA) is 46.2 Å². The number of thiocarbonyl (C=S) groups is 1. The molecule has 1 aromatic carbocycles. The summed E-state index contributed by atoms with van der Waals surface area (Å²) in [5, 5.41) is 6.59. The average Bonchev–Trinajstić information content (AvgIpc) is 2.44. The van der Waals surface area contributed by atoms with Crippen LogP contribution in [0.2, 0.25) is 0 Å². The van der Waals surface area contributed by atoms with E-state index in [0.29, 0.717) is 17.5 Å². The normalized spacial score (nSPS) is 9.90. The molecule has 2 N–H and O–H groups in total. The van der Waals surface area contributed by atoms with Gasteiger partial charge in [-0.3, -0.25) is 0 Å². The van der Waals surface area contributed by atoms with E-state index in [0.717, 1.165) is 15.9 Å². The van der Waals surface area contributed by atoms with Gasteiger partial charge >= 0.3 is 0 Å². The van der Waals surface area contributed by atoms with Crippen molar-refractivity contribution >= 4 is 44.8 Å². The molecule has 0 spiro atoms. The van der Waals surface area contributed by atoms with Gasteiger partial charge in [0.15, 0.2) is 5.11 Å². The molecule has 0 unspecified atom stereocenters. The number of hydrogen-bond donors (Lipinski definition) is 2. The third-order valence-electron chi connectivity index (χ3n) is 2.40. The Kier molecular flexibility index (Phi) is 5.31. The van der Waals surface area contributed by atoms with Gasteiger partial charge in [-0.15, -0.1) is 0 Å². The maximum absolute atomic E-state index is 5.53. The minimum atomic E-state index is 0.465. The highest BCUT2D eigenvalue weighted by Gasteiger charge is 2.05. The van der Waals surface area contributed by atoms with Gasteiger partial charge in [-0.05, 0) is 59.3 Å². The maximum Gasteiger partial charge on any atom is 0.176 e. The van der Waals surface area contributed by atoms with Gasteiger partial charge in [-0.2, -0.15) is 0 Å². The van der Waals surface area contributed by atoms with E-state index in [1.165, 1.54) is 0 Å². The third-order valence-corrected chi connectivity index (χ3v) is 3.08. The van der Waals surface area contributed by atoms with Crippen LogP contribution in [0.4, 0.5) is 11.5 Å². The number of aromatic nitrogens is 1. The lowest BCUT2D eigenvalue weighted by molar-refractivity contribution is 0.342. The van der Waals surface area contributed by atoms with E-state index in [1.54, 1.807) is 6.20 Å². The zero-order valence-electron chi connectivity index (χ0n) is 10.9. The fourth-order valence-electron chi connectivity index (χ4n) is 1.57. The Hall–Kier alpha value is -1.66. The standard InChI is InChI=1S/C14H14BrN3OS/c1-2-19-12-6-4-3-5-11(12)17-14(20)18-13-8-7-10(15)9-16-13/h3-9H,2H2,1H3,(H2,16,17,18,20). The van der Waals surface area contributed by atoms with Crippen LogP contribution in [0.1, 0.15) is 6.92 Å². The highest BCUT2D eigenvalue weighted by Crippen LogP contribution is 2.23. The molecule has 0 aliphatic rings. The van der Waals surface area contributed by atoms with Crippen molar-refractivity contribution in [3.05, 3.63) is 47.1 Å². The molecule has 104 valence electrons. The molecule has 0 saturated heterocycles. The van der Waals surface area contributed by atoms with Crippen LogP contribution >= 0.6 is 28.1 Å². The molecule has 6 heteroatoms. The van der Waals surface area contributed by atoms with Gasteiger partial charge in [-0.25, -0.2) is 4.98 Å². The van der Waals surface area contributed by atoms with Gasteiger partial charge in [0.25, 0.3) is 0 Å². The monoisotopic (exact) mass is 351 g/mol. The SMILES string of the molecule is CCOc1ccccc1NC(=S)Nc1ccc(Br)cn1. The number of ether oxygens (including phenoxy) is 1. The molecular formula is C14H14BrN3OS. The summed E-state index contributed by atoms with van der Waals surface area (Å²) >= 11 is 8.60. The number of pyridine rings is 1. The van der Waals surface area contributed by atoms with E-state index in [9.17, 15) is 0 Å². The molecule has 4 nitrogen and oxygen atoms in total.